The summed E-state index contributed by atoms with van der Waals surface area (Å²) >= 11 is 1.37. The number of carboxylic acid groups (broad SMARTS) is 1. The second-order valence-electron chi connectivity index (χ2n) is 4.87. The van der Waals surface area contributed by atoms with Crippen LogP contribution >= 0.6 is 11.8 Å². The number of nitrogens with zero attached hydrogens (tertiary/aromatic N) is 1. The molecule has 0 atom stereocenters. The van der Waals surface area contributed by atoms with Crippen molar-refractivity contribution < 1.29 is 19.1 Å². The van der Waals surface area contributed by atoms with Gasteiger partial charge in [-0.15, -0.1) is 11.8 Å². The Balaban J connectivity index is 0.00000139. The molecule has 0 fully saturated rings. The first-order valence-corrected chi connectivity index (χ1v) is 9.14. The van der Waals surface area contributed by atoms with Gasteiger partial charge in [-0.05, 0) is 24.6 Å². The maximum absolute atomic E-state index is 10.5. The van der Waals surface area contributed by atoms with Gasteiger partial charge in [-0.2, -0.15) is 0 Å². The Hall–Kier alpha value is -1.95. The Morgan fingerprint density at radius 1 is 1.33 bits per heavy atom. The number of aliphatic carboxylic acids is 1. The van der Waals surface area contributed by atoms with E-state index in [9.17, 15) is 4.79 Å². The highest BCUT2D eigenvalue weighted by molar-refractivity contribution is 7.99. The zero-order chi connectivity index (χ0) is 17.9. The van der Waals surface area contributed by atoms with Gasteiger partial charge in [0.05, 0.1) is 18.1 Å². The summed E-state index contributed by atoms with van der Waals surface area (Å²) in [5, 5.41) is 8.64. The number of oxazole rings is 1. The average molecular weight is 351 g/mol. The van der Waals surface area contributed by atoms with Crippen molar-refractivity contribution in [2.24, 2.45) is 0 Å². The molecule has 0 radical (unpaired) electrons. The van der Waals surface area contributed by atoms with Crippen LogP contribution < -0.4 is 4.74 Å². The Bertz CT molecular complexity index is 640. The van der Waals surface area contributed by atoms with Crippen molar-refractivity contribution in [3.63, 3.8) is 0 Å². The van der Waals surface area contributed by atoms with E-state index in [1.807, 2.05) is 52.0 Å². The van der Waals surface area contributed by atoms with Crippen LogP contribution in [-0.4, -0.2) is 28.4 Å². The molecule has 24 heavy (non-hydrogen) atoms. The van der Waals surface area contributed by atoms with Crippen LogP contribution in [0.4, 0.5) is 0 Å². The summed E-state index contributed by atoms with van der Waals surface area (Å²) in [5.41, 5.74) is 1.97. The molecule has 2 aromatic rings. The van der Waals surface area contributed by atoms with Crippen molar-refractivity contribution >= 4 is 17.7 Å². The summed E-state index contributed by atoms with van der Waals surface area (Å²) in [4.78, 5) is 14.8. The molecule has 0 saturated heterocycles. The maximum Gasteiger partial charge on any atom is 0.313 e. The van der Waals surface area contributed by atoms with E-state index in [4.69, 9.17) is 14.3 Å². The van der Waals surface area contributed by atoms with Crippen LogP contribution in [-0.2, 0) is 17.0 Å². The van der Waals surface area contributed by atoms with Crippen LogP contribution in [0.3, 0.4) is 0 Å². The molecule has 2 rings (SSSR count). The number of carbonyl (C=O) groups is 1. The molecule has 0 aliphatic carbocycles. The fourth-order valence-electron chi connectivity index (χ4n) is 2.05. The number of hydrogen-bond acceptors (Lipinski definition) is 5. The first-order valence-electron chi connectivity index (χ1n) is 7.99. The van der Waals surface area contributed by atoms with E-state index in [0.717, 1.165) is 22.8 Å². The molecule has 5 nitrogen and oxygen atoms in total. The molecule has 1 aromatic carbocycles. The van der Waals surface area contributed by atoms with Crippen molar-refractivity contribution in [2.75, 3.05) is 12.4 Å². The number of carboxylic acids is 1. The van der Waals surface area contributed by atoms with Gasteiger partial charge in [0.2, 0.25) is 0 Å². The van der Waals surface area contributed by atoms with Crippen LogP contribution in [0.2, 0.25) is 0 Å². The van der Waals surface area contributed by atoms with Crippen LogP contribution in [0.25, 0.3) is 0 Å². The van der Waals surface area contributed by atoms with Crippen LogP contribution in [0.5, 0.6) is 5.75 Å². The molecular weight excluding hydrogens is 326 g/mol. The molecule has 132 valence electrons. The van der Waals surface area contributed by atoms with Gasteiger partial charge >= 0.3 is 5.97 Å². The number of thioether (sulfide) groups is 1. The number of aryl methyl sites for hydroxylation is 2. The lowest BCUT2D eigenvalue weighted by molar-refractivity contribution is -0.133. The van der Waals surface area contributed by atoms with E-state index >= 15 is 0 Å². The van der Waals surface area contributed by atoms with E-state index in [0.29, 0.717) is 24.7 Å². The lowest BCUT2D eigenvalue weighted by Crippen LogP contribution is -2.03. The van der Waals surface area contributed by atoms with Gasteiger partial charge in [-0.1, -0.05) is 26.0 Å². The molecule has 0 amide bonds. The summed E-state index contributed by atoms with van der Waals surface area (Å²) in [6.07, 6.45) is 0.696. The molecular formula is C18H25NO4S. The van der Waals surface area contributed by atoms with Gasteiger partial charge in [0.15, 0.2) is 5.89 Å². The summed E-state index contributed by atoms with van der Waals surface area (Å²) in [6.45, 7) is 8.25. The van der Waals surface area contributed by atoms with Gasteiger partial charge in [0.25, 0.3) is 0 Å². The van der Waals surface area contributed by atoms with E-state index in [-0.39, 0.29) is 5.75 Å². The fourth-order valence-corrected chi connectivity index (χ4v) is 2.74. The van der Waals surface area contributed by atoms with E-state index in [1.54, 1.807) is 0 Å². The third-order valence-electron chi connectivity index (χ3n) is 3.00. The summed E-state index contributed by atoms with van der Waals surface area (Å²) < 4.78 is 11.1. The second kappa shape index (κ2) is 10.8. The third-order valence-corrected chi connectivity index (χ3v) is 3.99. The Morgan fingerprint density at radius 2 is 2.08 bits per heavy atom. The Kier molecular flexibility index (Phi) is 9.01. The zero-order valence-electron chi connectivity index (χ0n) is 14.7. The summed E-state index contributed by atoms with van der Waals surface area (Å²) in [7, 11) is 0. The molecule has 0 unspecified atom stereocenters. The Labute approximate surface area is 147 Å². The highest BCUT2D eigenvalue weighted by Gasteiger charge is 2.07. The standard InChI is InChI=1S/C16H19NO4S.C2H6/c1-11-15(17-12(2)21-11)6-7-20-14-5-3-4-13(8-14)9-22-10-16(18)19;1-2/h3-5,8H,6-7,9-10H2,1-2H3,(H,18,19);1-2H3. The number of ether oxygens (including phenoxy) is 1. The zero-order valence-corrected chi connectivity index (χ0v) is 15.5. The first kappa shape index (κ1) is 20.1. The van der Waals surface area contributed by atoms with E-state index < -0.39 is 5.97 Å². The van der Waals surface area contributed by atoms with Crippen LogP contribution in [0, 0.1) is 13.8 Å². The highest BCUT2D eigenvalue weighted by atomic mass is 32.2. The van der Waals surface area contributed by atoms with Gasteiger partial charge < -0.3 is 14.3 Å². The second-order valence-corrected chi connectivity index (χ2v) is 5.85. The molecule has 0 saturated carbocycles. The van der Waals surface area contributed by atoms with Crippen molar-refractivity contribution in [1.82, 2.24) is 4.98 Å². The molecule has 1 N–H and O–H groups in total. The normalized spacial score (nSPS) is 10.0. The Morgan fingerprint density at radius 3 is 2.71 bits per heavy atom. The molecule has 0 aliphatic rings. The summed E-state index contributed by atoms with van der Waals surface area (Å²) in [6, 6.07) is 7.71. The number of hydrogen-bond donors (Lipinski definition) is 1. The first-order chi connectivity index (χ1) is 11.5. The smallest absolute Gasteiger partial charge is 0.313 e. The third kappa shape index (κ3) is 7.08. The molecule has 1 aromatic heterocycles. The molecule has 0 aliphatic heterocycles. The topological polar surface area (TPSA) is 72.6 Å². The van der Waals surface area contributed by atoms with Crippen molar-refractivity contribution in [1.29, 1.82) is 0 Å². The molecule has 6 heteroatoms. The largest absolute Gasteiger partial charge is 0.493 e. The van der Waals surface area contributed by atoms with Crippen LogP contribution in [0.15, 0.2) is 28.7 Å². The van der Waals surface area contributed by atoms with Gasteiger partial charge in [0.1, 0.15) is 11.5 Å². The number of benzene rings is 1. The van der Waals surface area contributed by atoms with Gasteiger partial charge in [-0.3, -0.25) is 4.79 Å². The molecule has 0 spiro atoms. The minimum atomic E-state index is -0.796. The lowest BCUT2D eigenvalue weighted by atomic mass is 10.2. The van der Waals surface area contributed by atoms with Crippen molar-refractivity contribution in [2.45, 2.75) is 39.9 Å². The monoisotopic (exact) mass is 351 g/mol. The minimum Gasteiger partial charge on any atom is -0.493 e. The molecule has 0 bridgehead atoms. The SMILES string of the molecule is CC.Cc1nc(CCOc2cccc(CSCC(=O)O)c2)c(C)o1. The average Bonchev–Trinajstić information content (AvgIpc) is 2.87. The van der Waals surface area contributed by atoms with Crippen LogP contribution in [0.1, 0.15) is 36.8 Å². The predicted molar refractivity (Wildman–Crippen MR) is 96.8 cm³/mol. The fraction of sp³-hybridized carbons (Fsp3) is 0.444. The van der Waals surface area contributed by atoms with E-state index in [1.165, 1.54) is 11.8 Å². The lowest BCUT2D eigenvalue weighted by Gasteiger charge is -2.07. The van der Waals surface area contributed by atoms with E-state index in [2.05, 4.69) is 4.98 Å². The minimum absolute atomic E-state index is 0.107. The number of aromatic nitrogens is 1. The molecule has 1 heterocycles. The van der Waals surface area contributed by atoms with Gasteiger partial charge in [-0.25, -0.2) is 4.98 Å². The van der Waals surface area contributed by atoms with Crippen molar-refractivity contribution in [3.8, 4) is 5.75 Å². The van der Waals surface area contributed by atoms with Crippen molar-refractivity contribution in [3.05, 3.63) is 47.2 Å². The summed E-state index contributed by atoms with van der Waals surface area (Å²) in [5.74, 6) is 2.26. The quantitative estimate of drug-likeness (QED) is 0.766. The van der Waals surface area contributed by atoms with Gasteiger partial charge in [0, 0.05) is 19.1 Å². The highest BCUT2D eigenvalue weighted by Crippen LogP contribution is 2.18. The number of rotatable bonds is 8. The predicted octanol–water partition coefficient (Wildman–Crippen LogP) is 4.26. The maximum atomic E-state index is 10.5.